The summed E-state index contributed by atoms with van der Waals surface area (Å²) >= 11 is 1.80. The number of amides is 2. The summed E-state index contributed by atoms with van der Waals surface area (Å²) in [5.74, 6) is -1.33. The van der Waals surface area contributed by atoms with Crippen molar-refractivity contribution >= 4 is 29.5 Å². The normalized spacial score (nSPS) is 30.4. The van der Waals surface area contributed by atoms with Crippen LogP contribution in [0.2, 0.25) is 0 Å². The highest BCUT2D eigenvalue weighted by molar-refractivity contribution is 8.00. The van der Waals surface area contributed by atoms with Gasteiger partial charge in [0.2, 0.25) is 0 Å². The van der Waals surface area contributed by atoms with Crippen LogP contribution in [0.5, 0.6) is 0 Å². The molecular weight excluding hydrogens is 268 g/mol. The molecule has 2 fully saturated rings. The molecule has 2 heterocycles. The van der Waals surface area contributed by atoms with Gasteiger partial charge < -0.3 is 15.7 Å². The average molecular weight is 286 g/mol. The third-order valence-corrected chi connectivity index (χ3v) is 5.22. The fraction of sp³-hybridized carbons (Fsp3) is 0.750. The molecule has 2 rings (SSSR count). The number of urea groups is 1. The van der Waals surface area contributed by atoms with E-state index in [2.05, 4.69) is 10.6 Å². The standard InChI is InChI=1S/C12H18N2O4S/c1-6(15)7(11(16)17)3-2-4-9-10-8(5-19-9)13-12(18)14-10/h7-10H,2-5H2,1H3,(H,16,17)(H2,13,14,18)/t7?,8-,9-,10-/m0/s1. The van der Waals surface area contributed by atoms with Crippen molar-refractivity contribution in [2.75, 3.05) is 5.75 Å². The van der Waals surface area contributed by atoms with Crippen LogP contribution in [0.3, 0.4) is 0 Å². The van der Waals surface area contributed by atoms with E-state index in [0.717, 1.165) is 12.2 Å². The van der Waals surface area contributed by atoms with Gasteiger partial charge in [-0.05, 0) is 19.8 Å². The number of hydrogen-bond acceptors (Lipinski definition) is 4. The van der Waals surface area contributed by atoms with Crippen molar-refractivity contribution in [3.63, 3.8) is 0 Å². The maximum absolute atomic E-state index is 11.2. The number of fused-ring (bicyclic) bond motifs is 1. The summed E-state index contributed by atoms with van der Waals surface area (Å²) in [5, 5.41) is 15.0. The minimum atomic E-state index is -1.04. The quantitative estimate of drug-likeness (QED) is 0.491. The zero-order chi connectivity index (χ0) is 14.0. The lowest BCUT2D eigenvalue weighted by Crippen LogP contribution is -2.36. The molecule has 0 radical (unpaired) electrons. The molecule has 3 N–H and O–H groups in total. The first-order valence-corrected chi connectivity index (χ1v) is 7.46. The van der Waals surface area contributed by atoms with E-state index in [1.807, 2.05) is 0 Å². The maximum atomic E-state index is 11.2. The highest BCUT2D eigenvalue weighted by atomic mass is 32.2. The van der Waals surface area contributed by atoms with Gasteiger partial charge in [0.05, 0.1) is 12.1 Å². The zero-order valence-corrected chi connectivity index (χ0v) is 11.5. The third kappa shape index (κ3) is 3.20. The monoisotopic (exact) mass is 286 g/mol. The van der Waals surface area contributed by atoms with Gasteiger partial charge >= 0.3 is 12.0 Å². The zero-order valence-electron chi connectivity index (χ0n) is 10.7. The molecule has 6 nitrogen and oxygen atoms in total. The van der Waals surface area contributed by atoms with Gasteiger partial charge in [-0.25, -0.2) is 4.79 Å². The number of Topliss-reactive ketones (excluding diaryl/α,β-unsaturated/α-hetero) is 1. The van der Waals surface area contributed by atoms with E-state index in [1.165, 1.54) is 6.92 Å². The minimum absolute atomic E-state index is 0.118. The Kier molecular flexibility index (Phi) is 4.34. The molecule has 2 amide bonds. The summed E-state index contributed by atoms with van der Waals surface area (Å²) in [6.07, 6.45) is 1.89. The van der Waals surface area contributed by atoms with Crippen LogP contribution in [0.4, 0.5) is 4.79 Å². The summed E-state index contributed by atoms with van der Waals surface area (Å²) in [7, 11) is 0. The molecule has 7 heteroatoms. The lowest BCUT2D eigenvalue weighted by Gasteiger charge is -2.17. The molecule has 2 saturated heterocycles. The van der Waals surface area contributed by atoms with Crippen molar-refractivity contribution in [1.29, 1.82) is 0 Å². The Bertz CT molecular complexity index is 387. The lowest BCUT2D eigenvalue weighted by molar-refractivity contribution is -0.146. The molecule has 4 atom stereocenters. The Morgan fingerprint density at radius 2 is 2.21 bits per heavy atom. The van der Waals surface area contributed by atoms with Crippen LogP contribution < -0.4 is 10.6 Å². The van der Waals surface area contributed by atoms with Crippen molar-refractivity contribution in [2.45, 2.75) is 43.5 Å². The highest BCUT2D eigenvalue weighted by Gasteiger charge is 2.42. The van der Waals surface area contributed by atoms with Crippen LogP contribution >= 0.6 is 11.8 Å². The van der Waals surface area contributed by atoms with Gasteiger partial charge in [-0.1, -0.05) is 6.42 Å². The van der Waals surface area contributed by atoms with Gasteiger partial charge in [0.1, 0.15) is 11.7 Å². The van der Waals surface area contributed by atoms with Crippen molar-refractivity contribution in [2.24, 2.45) is 5.92 Å². The molecular formula is C12H18N2O4S. The van der Waals surface area contributed by atoms with Gasteiger partial charge in [0.25, 0.3) is 0 Å². The molecule has 1 unspecified atom stereocenters. The highest BCUT2D eigenvalue weighted by Crippen LogP contribution is 2.33. The number of carboxylic acids is 1. The Hall–Kier alpha value is -1.24. The predicted octanol–water partition coefficient (Wildman–Crippen LogP) is 0.612. The number of rotatable bonds is 6. The maximum Gasteiger partial charge on any atom is 0.315 e. The van der Waals surface area contributed by atoms with E-state index in [0.29, 0.717) is 18.1 Å². The van der Waals surface area contributed by atoms with Crippen molar-refractivity contribution in [3.05, 3.63) is 0 Å². The first kappa shape index (κ1) is 14.2. The number of thioether (sulfide) groups is 1. The van der Waals surface area contributed by atoms with Crippen LogP contribution in [0.25, 0.3) is 0 Å². The summed E-state index contributed by atoms with van der Waals surface area (Å²) in [5.41, 5.74) is 0. The molecule has 0 spiro atoms. The first-order valence-electron chi connectivity index (χ1n) is 6.41. The van der Waals surface area contributed by atoms with E-state index in [1.54, 1.807) is 11.8 Å². The number of carbonyl (C=O) groups is 3. The largest absolute Gasteiger partial charge is 0.481 e. The van der Waals surface area contributed by atoms with E-state index in [4.69, 9.17) is 5.11 Å². The number of nitrogens with one attached hydrogen (secondary N) is 2. The number of hydrogen-bond donors (Lipinski definition) is 3. The molecule has 2 aliphatic heterocycles. The van der Waals surface area contributed by atoms with Crippen LogP contribution in [-0.2, 0) is 9.59 Å². The molecule has 0 saturated carbocycles. The van der Waals surface area contributed by atoms with Crippen LogP contribution in [0.15, 0.2) is 0 Å². The fourth-order valence-electron chi connectivity index (χ4n) is 2.67. The molecule has 2 aliphatic rings. The Labute approximate surface area is 115 Å². The molecule has 0 aromatic carbocycles. The molecule has 106 valence electrons. The number of carbonyl (C=O) groups excluding carboxylic acids is 2. The Balaban J connectivity index is 1.78. The Morgan fingerprint density at radius 3 is 2.84 bits per heavy atom. The van der Waals surface area contributed by atoms with Crippen molar-refractivity contribution in [1.82, 2.24) is 10.6 Å². The predicted molar refractivity (Wildman–Crippen MR) is 71.1 cm³/mol. The van der Waals surface area contributed by atoms with Crippen LogP contribution in [-0.4, -0.2) is 46.0 Å². The van der Waals surface area contributed by atoms with E-state index in [-0.39, 0.29) is 23.9 Å². The smallest absolute Gasteiger partial charge is 0.315 e. The van der Waals surface area contributed by atoms with Gasteiger partial charge in [-0.15, -0.1) is 0 Å². The van der Waals surface area contributed by atoms with Gasteiger partial charge in [0.15, 0.2) is 0 Å². The second kappa shape index (κ2) is 5.81. The Morgan fingerprint density at radius 1 is 1.47 bits per heavy atom. The molecule has 0 bridgehead atoms. The van der Waals surface area contributed by atoms with E-state index in [9.17, 15) is 14.4 Å². The lowest BCUT2D eigenvalue weighted by atomic mass is 9.96. The summed E-state index contributed by atoms with van der Waals surface area (Å²) in [4.78, 5) is 33.3. The van der Waals surface area contributed by atoms with Gasteiger partial charge in [-0.2, -0.15) is 11.8 Å². The minimum Gasteiger partial charge on any atom is -0.481 e. The number of carboxylic acid groups (broad SMARTS) is 1. The molecule has 0 aliphatic carbocycles. The number of ketones is 1. The van der Waals surface area contributed by atoms with Gasteiger partial charge in [-0.3, -0.25) is 9.59 Å². The topological polar surface area (TPSA) is 95.5 Å². The van der Waals surface area contributed by atoms with Gasteiger partial charge in [0, 0.05) is 11.0 Å². The van der Waals surface area contributed by atoms with E-state index >= 15 is 0 Å². The third-order valence-electron chi connectivity index (χ3n) is 3.71. The van der Waals surface area contributed by atoms with Crippen molar-refractivity contribution in [3.8, 4) is 0 Å². The number of aliphatic carboxylic acids is 1. The second-order valence-corrected chi connectivity index (χ2v) is 6.33. The fourth-order valence-corrected chi connectivity index (χ4v) is 4.21. The second-order valence-electron chi connectivity index (χ2n) is 5.05. The molecule has 0 aromatic heterocycles. The average Bonchev–Trinajstić information content (AvgIpc) is 2.83. The molecule has 19 heavy (non-hydrogen) atoms. The molecule has 0 aromatic rings. The summed E-state index contributed by atoms with van der Waals surface area (Å²) in [6.45, 7) is 1.32. The van der Waals surface area contributed by atoms with Crippen LogP contribution in [0, 0.1) is 5.92 Å². The van der Waals surface area contributed by atoms with Crippen molar-refractivity contribution < 1.29 is 19.5 Å². The van der Waals surface area contributed by atoms with Crippen LogP contribution in [0.1, 0.15) is 26.2 Å². The summed E-state index contributed by atoms with van der Waals surface area (Å²) in [6, 6.07) is 0.205. The first-order chi connectivity index (χ1) is 8.99. The SMILES string of the molecule is CC(=O)C(CCC[C@@H]1SC[C@@H]2NC(=O)N[C@@H]21)C(=O)O. The van der Waals surface area contributed by atoms with E-state index < -0.39 is 11.9 Å². The summed E-state index contributed by atoms with van der Waals surface area (Å²) < 4.78 is 0.